The summed E-state index contributed by atoms with van der Waals surface area (Å²) in [4.78, 5) is 2.61. The van der Waals surface area contributed by atoms with Crippen molar-refractivity contribution in [1.82, 2.24) is 0 Å². The Labute approximate surface area is 148 Å². The van der Waals surface area contributed by atoms with Gasteiger partial charge in [0.2, 0.25) is 0 Å². The summed E-state index contributed by atoms with van der Waals surface area (Å²) in [5.41, 5.74) is 8.13. The zero-order valence-corrected chi connectivity index (χ0v) is 15.8. The van der Waals surface area contributed by atoms with Crippen molar-refractivity contribution in [3.05, 3.63) is 10.4 Å². The molecular formula is C19H39N3O2. The lowest BCUT2D eigenvalue weighted by Crippen LogP contribution is -2.18. The Morgan fingerprint density at radius 1 is 0.833 bits per heavy atom. The number of azide groups is 1. The maximum atomic E-state index is 9.41. The van der Waals surface area contributed by atoms with Crippen LogP contribution >= 0.6 is 0 Å². The highest BCUT2D eigenvalue weighted by Gasteiger charge is 2.01. The average molecular weight is 342 g/mol. The molecule has 0 amide bonds. The van der Waals surface area contributed by atoms with Crippen LogP contribution in [-0.4, -0.2) is 31.0 Å². The van der Waals surface area contributed by atoms with Gasteiger partial charge in [-0.25, -0.2) is 0 Å². The molecule has 0 aromatic rings. The SMILES string of the molecule is CCCCCCCCCCCCCCCCOC[C@@H](O)CN=[N+]=[N-]. The van der Waals surface area contributed by atoms with E-state index in [0.29, 0.717) is 6.61 Å². The molecule has 0 unspecified atom stereocenters. The molecule has 24 heavy (non-hydrogen) atoms. The number of hydrogen-bond acceptors (Lipinski definition) is 3. The van der Waals surface area contributed by atoms with E-state index in [-0.39, 0.29) is 13.2 Å². The lowest BCUT2D eigenvalue weighted by atomic mass is 10.0. The van der Waals surface area contributed by atoms with Crippen molar-refractivity contribution in [2.75, 3.05) is 19.8 Å². The van der Waals surface area contributed by atoms with Gasteiger partial charge in [-0.05, 0) is 12.0 Å². The Bertz CT molecular complexity index is 294. The lowest BCUT2D eigenvalue weighted by Gasteiger charge is -2.08. The third-order valence-electron chi connectivity index (χ3n) is 4.31. The van der Waals surface area contributed by atoms with Gasteiger partial charge in [0.1, 0.15) is 0 Å². The first-order valence-electron chi connectivity index (χ1n) is 10.1. The summed E-state index contributed by atoms with van der Waals surface area (Å²) >= 11 is 0. The van der Waals surface area contributed by atoms with Crippen LogP contribution in [0.3, 0.4) is 0 Å². The van der Waals surface area contributed by atoms with Crippen molar-refractivity contribution in [2.45, 2.75) is 103 Å². The van der Waals surface area contributed by atoms with Crippen molar-refractivity contribution in [3.63, 3.8) is 0 Å². The maximum absolute atomic E-state index is 9.41. The fourth-order valence-electron chi connectivity index (χ4n) is 2.80. The van der Waals surface area contributed by atoms with Crippen LogP contribution in [0, 0.1) is 0 Å². The monoisotopic (exact) mass is 341 g/mol. The first-order chi connectivity index (χ1) is 11.8. The molecule has 1 N–H and O–H groups in total. The number of aliphatic hydroxyl groups excluding tert-OH is 1. The van der Waals surface area contributed by atoms with Gasteiger partial charge in [0.15, 0.2) is 0 Å². The molecule has 5 heteroatoms. The van der Waals surface area contributed by atoms with E-state index in [1.165, 1.54) is 83.5 Å². The molecule has 0 fully saturated rings. The van der Waals surface area contributed by atoms with E-state index in [1.54, 1.807) is 0 Å². The first-order valence-corrected chi connectivity index (χ1v) is 10.1. The molecule has 0 spiro atoms. The number of hydrogen-bond donors (Lipinski definition) is 1. The lowest BCUT2D eigenvalue weighted by molar-refractivity contribution is 0.0397. The molecule has 0 aliphatic heterocycles. The maximum Gasteiger partial charge on any atom is 0.0829 e. The number of ether oxygens (including phenoxy) is 1. The van der Waals surface area contributed by atoms with E-state index in [9.17, 15) is 5.11 Å². The van der Waals surface area contributed by atoms with Crippen LogP contribution in [0.2, 0.25) is 0 Å². The number of rotatable bonds is 19. The van der Waals surface area contributed by atoms with E-state index < -0.39 is 6.10 Å². The summed E-state index contributed by atoms with van der Waals surface area (Å²) in [6, 6.07) is 0. The molecule has 0 aliphatic rings. The molecule has 0 aliphatic carbocycles. The van der Waals surface area contributed by atoms with Crippen LogP contribution in [0.5, 0.6) is 0 Å². The predicted molar refractivity (Wildman–Crippen MR) is 101 cm³/mol. The first kappa shape index (κ1) is 23.2. The van der Waals surface area contributed by atoms with Gasteiger partial charge >= 0.3 is 0 Å². The van der Waals surface area contributed by atoms with Gasteiger partial charge < -0.3 is 9.84 Å². The van der Waals surface area contributed by atoms with Gasteiger partial charge in [-0.15, -0.1) is 0 Å². The summed E-state index contributed by atoms with van der Waals surface area (Å²) in [5, 5.41) is 12.7. The molecule has 0 aromatic carbocycles. The Kier molecular flexibility index (Phi) is 19.6. The van der Waals surface area contributed by atoms with Crippen molar-refractivity contribution in [1.29, 1.82) is 0 Å². The minimum atomic E-state index is -0.674. The van der Waals surface area contributed by atoms with Gasteiger partial charge in [-0.3, -0.25) is 0 Å². The number of aliphatic hydroxyl groups is 1. The van der Waals surface area contributed by atoms with Gasteiger partial charge in [-0.1, -0.05) is 95.5 Å². The van der Waals surface area contributed by atoms with Crippen LogP contribution in [0.25, 0.3) is 10.4 Å². The van der Waals surface area contributed by atoms with Crippen molar-refractivity contribution in [3.8, 4) is 0 Å². The molecule has 0 saturated carbocycles. The van der Waals surface area contributed by atoms with E-state index in [1.807, 2.05) is 0 Å². The topological polar surface area (TPSA) is 78.2 Å². The molecule has 0 bridgehead atoms. The molecule has 1 atom stereocenters. The zero-order chi connectivity index (χ0) is 17.7. The Balaban J connectivity index is 3.06. The zero-order valence-electron chi connectivity index (χ0n) is 15.8. The van der Waals surface area contributed by atoms with Gasteiger partial charge in [0, 0.05) is 11.5 Å². The van der Waals surface area contributed by atoms with Crippen molar-refractivity contribution < 1.29 is 9.84 Å². The smallest absolute Gasteiger partial charge is 0.0829 e. The highest BCUT2D eigenvalue weighted by molar-refractivity contribution is 4.58. The number of nitrogens with zero attached hydrogens (tertiary/aromatic N) is 3. The number of unbranched alkanes of at least 4 members (excludes halogenated alkanes) is 13. The van der Waals surface area contributed by atoms with E-state index in [0.717, 1.165) is 6.42 Å². The van der Waals surface area contributed by atoms with Crippen LogP contribution in [0.1, 0.15) is 96.8 Å². The van der Waals surface area contributed by atoms with Gasteiger partial charge in [0.25, 0.3) is 0 Å². The molecule has 0 rings (SSSR count). The second kappa shape index (κ2) is 20.3. The van der Waals surface area contributed by atoms with Gasteiger partial charge in [-0.2, -0.15) is 0 Å². The Hall–Kier alpha value is -0.770. The van der Waals surface area contributed by atoms with Crippen LogP contribution < -0.4 is 0 Å². The second-order valence-corrected chi connectivity index (χ2v) is 6.74. The highest BCUT2D eigenvalue weighted by Crippen LogP contribution is 2.12. The Morgan fingerprint density at radius 2 is 1.29 bits per heavy atom. The van der Waals surface area contributed by atoms with E-state index >= 15 is 0 Å². The summed E-state index contributed by atoms with van der Waals surface area (Å²) in [5.74, 6) is 0. The van der Waals surface area contributed by atoms with Crippen LogP contribution in [0.15, 0.2) is 5.11 Å². The molecular weight excluding hydrogens is 302 g/mol. The molecule has 142 valence electrons. The molecule has 0 heterocycles. The normalized spacial score (nSPS) is 12.1. The standard InChI is InChI=1S/C19H39N3O2/c1-2-3-4-5-6-7-8-9-10-11-12-13-14-15-16-24-18-19(23)17-21-22-20/h19,23H,2-18H2,1H3/t19-/m0/s1. The quantitative estimate of drug-likeness (QED) is 0.132. The second-order valence-electron chi connectivity index (χ2n) is 6.74. The average Bonchev–Trinajstić information content (AvgIpc) is 2.59. The summed E-state index contributed by atoms with van der Waals surface area (Å²) in [6.07, 6.45) is 18.2. The van der Waals surface area contributed by atoms with Gasteiger partial charge in [0.05, 0.1) is 19.3 Å². The fraction of sp³-hybridized carbons (Fsp3) is 1.00. The molecule has 0 aromatic heterocycles. The summed E-state index contributed by atoms with van der Waals surface area (Å²) < 4.78 is 5.37. The Morgan fingerprint density at radius 3 is 1.75 bits per heavy atom. The third-order valence-corrected chi connectivity index (χ3v) is 4.31. The van der Waals surface area contributed by atoms with Crippen LogP contribution in [0.4, 0.5) is 0 Å². The van der Waals surface area contributed by atoms with Crippen LogP contribution in [-0.2, 0) is 4.74 Å². The summed E-state index contributed by atoms with van der Waals surface area (Å²) in [7, 11) is 0. The minimum absolute atomic E-state index is 0.0925. The van der Waals surface area contributed by atoms with E-state index in [4.69, 9.17) is 10.3 Å². The minimum Gasteiger partial charge on any atom is -0.391 e. The third kappa shape index (κ3) is 19.3. The fourth-order valence-corrected chi connectivity index (χ4v) is 2.80. The largest absolute Gasteiger partial charge is 0.391 e. The molecule has 0 saturated heterocycles. The van der Waals surface area contributed by atoms with Crippen molar-refractivity contribution >= 4 is 0 Å². The highest BCUT2D eigenvalue weighted by atomic mass is 16.5. The van der Waals surface area contributed by atoms with Crippen molar-refractivity contribution in [2.24, 2.45) is 5.11 Å². The predicted octanol–water partition coefficient (Wildman–Crippen LogP) is 6.16. The molecule has 0 radical (unpaired) electrons. The van der Waals surface area contributed by atoms with E-state index in [2.05, 4.69) is 16.9 Å². The molecule has 5 nitrogen and oxygen atoms in total. The summed E-state index contributed by atoms with van der Waals surface area (Å²) in [6.45, 7) is 3.31.